The number of thiazole rings is 1. The molecular formula is C16H14N2O2S2. The van der Waals surface area contributed by atoms with Crippen LogP contribution in [0.4, 0.5) is 0 Å². The van der Waals surface area contributed by atoms with Gasteiger partial charge in [-0.05, 0) is 23.6 Å². The third-order valence-corrected chi connectivity index (χ3v) is 4.90. The van der Waals surface area contributed by atoms with Gasteiger partial charge in [0.15, 0.2) is 0 Å². The van der Waals surface area contributed by atoms with E-state index in [-0.39, 0.29) is 5.91 Å². The molecule has 0 saturated heterocycles. The Hall–Kier alpha value is -2.18. The second-order valence-electron chi connectivity index (χ2n) is 4.42. The normalized spacial score (nSPS) is 10.4. The molecule has 2 heterocycles. The van der Waals surface area contributed by atoms with Gasteiger partial charge >= 0.3 is 0 Å². The number of thiophene rings is 1. The summed E-state index contributed by atoms with van der Waals surface area (Å²) in [5.74, 6) is 0.687. The van der Waals surface area contributed by atoms with Crippen molar-refractivity contribution in [2.24, 2.45) is 0 Å². The zero-order valence-corrected chi connectivity index (χ0v) is 13.3. The summed E-state index contributed by atoms with van der Waals surface area (Å²) in [7, 11) is 0. The predicted molar refractivity (Wildman–Crippen MR) is 89.7 cm³/mol. The first-order chi connectivity index (χ1) is 10.8. The van der Waals surface area contributed by atoms with E-state index in [1.54, 1.807) is 17.5 Å². The molecule has 1 N–H and O–H groups in total. The number of amides is 1. The number of aromatic nitrogens is 1. The Bertz CT molecular complexity index is 724. The molecule has 1 aromatic carbocycles. The van der Waals surface area contributed by atoms with Crippen LogP contribution in [0.3, 0.4) is 0 Å². The Morgan fingerprint density at radius 2 is 2.05 bits per heavy atom. The average Bonchev–Trinajstić information content (AvgIpc) is 3.22. The predicted octanol–water partition coefficient (Wildman–Crippen LogP) is 3.68. The smallest absolute Gasteiger partial charge is 0.263 e. The van der Waals surface area contributed by atoms with E-state index in [1.807, 2.05) is 47.8 Å². The molecule has 0 unspecified atom stereocenters. The maximum atomic E-state index is 12.0. The van der Waals surface area contributed by atoms with Crippen LogP contribution in [0.1, 0.15) is 9.67 Å². The van der Waals surface area contributed by atoms with Gasteiger partial charge in [0.2, 0.25) is 0 Å². The Labute approximate surface area is 136 Å². The molecular weight excluding hydrogens is 316 g/mol. The van der Waals surface area contributed by atoms with Gasteiger partial charge in [-0.3, -0.25) is 4.79 Å². The topological polar surface area (TPSA) is 51.2 Å². The summed E-state index contributed by atoms with van der Waals surface area (Å²) in [6, 6.07) is 13.5. The largest absolute Gasteiger partial charge is 0.492 e. The van der Waals surface area contributed by atoms with Crippen molar-refractivity contribution in [1.29, 1.82) is 0 Å². The first kappa shape index (κ1) is 14.7. The molecule has 2 aromatic heterocycles. The first-order valence-electron chi connectivity index (χ1n) is 6.79. The number of rotatable bonds is 6. The van der Waals surface area contributed by atoms with Crippen molar-refractivity contribution in [2.45, 2.75) is 0 Å². The number of carbonyl (C=O) groups is 1. The third kappa shape index (κ3) is 3.72. The second kappa shape index (κ2) is 7.20. The van der Waals surface area contributed by atoms with E-state index in [0.29, 0.717) is 18.0 Å². The number of hydrogen-bond donors (Lipinski definition) is 1. The molecule has 0 saturated carbocycles. The van der Waals surface area contributed by atoms with Gasteiger partial charge in [0.05, 0.1) is 17.6 Å². The van der Waals surface area contributed by atoms with Crippen LogP contribution in [-0.2, 0) is 0 Å². The van der Waals surface area contributed by atoms with Gasteiger partial charge in [0.1, 0.15) is 22.2 Å². The Morgan fingerprint density at radius 1 is 1.18 bits per heavy atom. The second-order valence-corrected chi connectivity index (χ2v) is 6.40. The number of benzene rings is 1. The molecule has 3 aromatic rings. The lowest BCUT2D eigenvalue weighted by atomic mass is 10.3. The SMILES string of the molecule is O=C(NCCOc1ccccc1)c1cnc(-c2cccs2)s1. The Morgan fingerprint density at radius 3 is 2.82 bits per heavy atom. The standard InChI is InChI=1S/C16H14N2O2S2/c19-15(17-8-9-20-12-5-2-1-3-6-12)14-11-18-16(22-14)13-7-4-10-21-13/h1-7,10-11H,8-9H2,(H,17,19). The molecule has 0 radical (unpaired) electrons. The van der Waals surface area contributed by atoms with Crippen molar-refractivity contribution in [2.75, 3.05) is 13.2 Å². The molecule has 1 amide bonds. The summed E-state index contributed by atoms with van der Waals surface area (Å²) in [5.41, 5.74) is 0. The molecule has 0 spiro atoms. The molecule has 22 heavy (non-hydrogen) atoms. The number of carbonyl (C=O) groups excluding carboxylic acids is 1. The molecule has 6 heteroatoms. The maximum Gasteiger partial charge on any atom is 0.263 e. The lowest BCUT2D eigenvalue weighted by Crippen LogP contribution is -2.27. The number of nitrogens with zero attached hydrogens (tertiary/aromatic N) is 1. The highest BCUT2D eigenvalue weighted by Crippen LogP contribution is 2.28. The molecule has 112 valence electrons. The van der Waals surface area contributed by atoms with E-state index in [0.717, 1.165) is 15.6 Å². The summed E-state index contributed by atoms with van der Waals surface area (Å²) in [5, 5.41) is 5.71. The maximum absolute atomic E-state index is 12.0. The van der Waals surface area contributed by atoms with Crippen molar-refractivity contribution in [3.63, 3.8) is 0 Å². The van der Waals surface area contributed by atoms with E-state index in [4.69, 9.17) is 4.74 Å². The molecule has 0 atom stereocenters. The molecule has 0 aliphatic rings. The highest BCUT2D eigenvalue weighted by Gasteiger charge is 2.11. The van der Waals surface area contributed by atoms with Crippen molar-refractivity contribution in [3.8, 4) is 15.6 Å². The fraction of sp³-hybridized carbons (Fsp3) is 0.125. The Kier molecular flexibility index (Phi) is 4.82. The lowest BCUT2D eigenvalue weighted by Gasteiger charge is -2.06. The van der Waals surface area contributed by atoms with Gasteiger partial charge in [0, 0.05) is 0 Å². The van der Waals surface area contributed by atoms with Crippen LogP contribution >= 0.6 is 22.7 Å². The van der Waals surface area contributed by atoms with Crippen LogP contribution < -0.4 is 10.1 Å². The van der Waals surface area contributed by atoms with E-state index in [2.05, 4.69) is 10.3 Å². The number of ether oxygens (including phenoxy) is 1. The van der Waals surface area contributed by atoms with E-state index in [9.17, 15) is 4.79 Å². The van der Waals surface area contributed by atoms with E-state index in [1.165, 1.54) is 11.3 Å². The highest BCUT2D eigenvalue weighted by molar-refractivity contribution is 7.21. The first-order valence-corrected chi connectivity index (χ1v) is 8.48. The summed E-state index contributed by atoms with van der Waals surface area (Å²) >= 11 is 3.02. The minimum Gasteiger partial charge on any atom is -0.492 e. The van der Waals surface area contributed by atoms with Crippen molar-refractivity contribution < 1.29 is 9.53 Å². The lowest BCUT2D eigenvalue weighted by molar-refractivity contribution is 0.0951. The van der Waals surface area contributed by atoms with Gasteiger partial charge in [-0.15, -0.1) is 22.7 Å². The van der Waals surface area contributed by atoms with Gasteiger partial charge in [-0.25, -0.2) is 4.98 Å². The van der Waals surface area contributed by atoms with Crippen LogP contribution in [0.15, 0.2) is 54.0 Å². The van der Waals surface area contributed by atoms with Crippen LogP contribution in [0, 0.1) is 0 Å². The monoisotopic (exact) mass is 330 g/mol. The fourth-order valence-electron chi connectivity index (χ4n) is 1.83. The van der Waals surface area contributed by atoms with Gasteiger partial charge in [-0.2, -0.15) is 0 Å². The molecule has 0 aliphatic carbocycles. The van der Waals surface area contributed by atoms with Gasteiger partial charge < -0.3 is 10.1 Å². The summed E-state index contributed by atoms with van der Waals surface area (Å²) in [4.78, 5) is 18.0. The van der Waals surface area contributed by atoms with Crippen LogP contribution in [0.25, 0.3) is 9.88 Å². The molecule has 4 nitrogen and oxygen atoms in total. The van der Waals surface area contributed by atoms with Crippen LogP contribution in [-0.4, -0.2) is 24.0 Å². The van der Waals surface area contributed by atoms with Crippen LogP contribution in [0.5, 0.6) is 5.75 Å². The quantitative estimate of drug-likeness (QED) is 0.702. The number of para-hydroxylation sites is 1. The minimum atomic E-state index is -0.114. The molecule has 0 fully saturated rings. The highest BCUT2D eigenvalue weighted by atomic mass is 32.1. The third-order valence-electron chi connectivity index (χ3n) is 2.86. The fourth-order valence-corrected chi connectivity index (χ4v) is 3.47. The summed E-state index contributed by atoms with van der Waals surface area (Å²) < 4.78 is 5.53. The van der Waals surface area contributed by atoms with Crippen molar-refractivity contribution in [3.05, 3.63) is 58.9 Å². The zero-order chi connectivity index (χ0) is 15.2. The molecule has 0 aliphatic heterocycles. The average molecular weight is 330 g/mol. The number of hydrogen-bond acceptors (Lipinski definition) is 5. The Balaban J connectivity index is 1.48. The zero-order valence-electron chi connectivity index (χ0n) is 11.7. The molecule has 3 rings (SSSR count). The van der Waals surface area contributed by atoms with Crippen molar-refractivity contribution in [1.82, 2.24) is 10.3 Å². The van der Waals surface area contributed by atoms with Gasteiger partial charge in [0.25, 0.3) is 5.91 Å². The summed E-state index contributed by atoms with van der Waals surface area (Å²) in [6.45, 7) is 0.895. The van der Waals surface area contributed by atoms with E-state index >= 15 is 0 Å². The van der Waals surface area contributed by atoms with Crippen molar-refractivity contribution >= 4 is 28.6 Å². The van der Waals surface area contributed by atoms with E-state index < -0.39 is 0 Å². The number of nitrogens with one attached hydrogen (secondary N) is 1. The summed E-state index contributed by atoms with van der Waals surface area (Å²) in [6.07, 6.45) is 1.62. The minimum absolute atomic E-state index is 0.114. The molecule has 0 bridgehead atoms. The van der Waals surface area contributed by atoms with Crippen LogP contribution in [0.2, 0.25) is 0 Å². The van der Waals surface area contributed by atoms with Gasteiger partial charge in [-0.1, -0.05) is 24.3 Å².